The third-order valence-corrected chi connectivity index (χ3v) is 14.4. The van der Waals surface area contributed by atoms with E-state index in [-0.39, 0.29) is 31.1 Å². The van der Waals surface area contributed by atoms with E-state index in [1.807, 2.05) is 0 Å². The normalized spacial score (nSPS) is 13.0. The third kappa shape index (κ3) is 66.4. The third-order valence-electron chi connectivity index (χ3n) is 14.4. The fourth-order valence-electron chi connectivity index (χ4n) is 9.25. The van der Waals surface area contributed by atoms with Crippen molar-refractivity contribution < 1.29 is 28.6 Å². The summed E-state index contributed by atoms with van der Waals surface area (Å²) in [6, 6.07) is 0. The predicted octanol–water partition coefficient (Wildman–Crippen LogP) is 23.7. The van der Waals surface area contributed by atoms with Gasteiger partial charge in [0.15, 0.2) is 6.10 Å². The summed E-state index contributed by atoms with van der Waals surface area (Å²) in [5.74, 6) is -0.931. The van der Waals surface area contributed by atoms with E-state index < -0.39 is 6.10 Å². The highest BCUT2D eigenvalue weighted by molar-refractivity contribution is 5.71. The van der Waals surface area contributed by atoms with Gasteiger partial charge in [-0.1, -0.05) is 283 Å². The van der Waals surface area contributed by atoms with Crippen LogP contribution in [0.25, 0.3) is 0 Å². The highest BCUT2D eigenvalue weighted by Gasteiger charge is 2.19. The van der Waals surface area contributed by atoms with E-state index in [4.69, 9.17) is 14.2 Å². The number of ether oxygens (including phenoxy) is 3. The maximum Gasteiger partial charge on any atom is 0.306 e. The summed E-state index contributed by atoms with van der Waals surface area (Å²) in [7, 11) is 0. The Morgan fingerprint density at radius 1 is 0.256 bits per heavy atom. The van der Waals surface area contributed by atoms with Crippen molar-refractivity contribution in [3.63, 3.8) is 0 Å². The van der Waals surface area contributed by atoms with Crippen molar-refractivity contribution in [2.24, 2.45) is 0 Å². The lowest BCUT2D eigenvalue weighted by atomic mass is 10.1. The molecule has 1 unspecified atom stereocenters. The molecule has 0 aliphatic heterocycles. The maximum atomic E-state index is 13.0. The van der Waals surface area contributed by atoms with Crippen LogP contribution in [0.5, 0.6) is 0 Å². The maximum absolute atomic E-state index is 13.0. The van der Waals surface area contributed by atoms with Crippen molar-refractivity contribution >= 4 is 17.9 Å². The SMILES string of the molecule is CC/C=C\C/C=C\C/C=C\C/C=C\C/C=C\C/C=C\CCCCCCC(=O)OCC(COC(=O)CCCCCCCCC/C=C\C/C=C\CCCCCC)OC(=O)CCCCCCCCCC/C=C\C/C=C\C/C=C\CCCCCCC. The second kappa shape index (κ2) is 69.0. The zero-order valence-electron chi connectivity index (χ0n) is 53.5. The second-order valence-electron chi connectivity index (χ2n) is 22.3. The molecule has 0 aliphatic rings. The Hall–Kier alpha value is -4.45. The topological polar surface area (TPSA) is 78.9 Å². The van der Waals surface area contributed by atoms with Crippen LogP contribution >= 0.6 is 0 Å². The molecule has 0 aromatic carbocycles. The zero-order valence-corrected chi connectivity index (χ0v) is 53.5. The molecule has 0 aliphatic carbocycles. The van der Waals surface area contributed by atoms with Gasteiger partial charge in [-0.3, -0.25) is 14.4 Å². The Morgan fingerprint density at radius 2 is 0.476 bits per heavy atom. The largest absolute Gasteiger partial charge is 0.462 e. The van der Waals surface area contributed by atoms with Gasteiger partial charge in [-0.2, -0.15) is 0 Å². The average molecular weight is 1140 g/mol. The minimum atomic E-state index is -0.804. The van der Waals surface area contributed by atoms with E-state index in [2.05, 4.69) is 154 Å². The fourth-order valence-corrected chi connectivity index (χ4v) is 9.25. The van der Waals surface area contributed by atoms with Crippen LogP contribution < -0.4 is 0 Å². The summed E-state index contributed by atoms with van der Waals surface area (Å²) in [4.78, 5) is 38.5. The molecule has 82 heavy (non-hydrogen) atoms. The molecule has 0 amide bonds. The summed E-state index contributed by atoms with van der Waals surface area (Å²) in [5.41, 5.74) is 0. The molecule has 0 N–H and O–H groups in total. The first-order chi connectivity index (χ1) is 40.5. The van der Waals surface area contributed by atoms with Gasteiger partial charge in [-0.25, -0.2) is 0 Å². The highest BCUT2D eigenvalue weighted by atomic mass is 16.6. The molecule has 0 radical (unpaired) electrons. The van der Waals surface area contributed by atoms with Crippen LogP contribution in [0.15, 0.2) is 134 Å². The van der Waals surface area contributed by atoms with Gasteiger partial charge in [-0.05, 0) is 141 Å². The van der Waals surface area contributed by atoms with Gasteiger partial charge < -0.3 is 14.2 Å². The van der Waals surface area contributed by atoms with Crippen LogP contribution in [0, 0.1) is 0 Å². The molecule has 1 atom stereocenters. The Labute approximate surface area is 506 Å². The molecule has 0 heterocycles. The highest BCUT2D eigenvalue weighted by Crippen LogP contribution is 2.15. The number of esters is 3. The molecule has 6 heteroatoms. The lowest BCUT2D eigenvalue weighted by molar-refractivity contribution is -0.167. The van der Waals surface area contributed by atoms with E-state index >= 15 is 0 Å². The number of unbranched alkanes of at least 4 members (excludes halogenated alkanes) is 28. The number of rotatable bonds is 61. The van der Waals surface area contributed by atoms with Gasteiger partial charge in [0, 0.05) is 19.3 Å². The van der Waals surface area contributed by atoms with E-state index in [9.17, 15) is 14.4 Å². The first kappa shape index (κ1) is 77.5. The molecule has 0 bridgehead atoms. The van der Waals surface area contributed by atoms with E-state index in [0.717, 1.165) is 141 Å². The summed E-state index contributed by atoms with van der Waals surface area (Å²) >= 11 is 0. The van der Waals surface area contributed by atoms with Crippen LogP contribution in [-0.2, 0) is 28.6 Å². The van der Waals surface area contributed by atoms with Crippen molar-refractivity contribution in [3.8, 4) is 0 Å². The number of hydrogen-bond donors (Lipinski definition) is 0. The number of carbonyl (C=O) groups excluding carboxylic acids is 3. The minimum absolute atomic E-state index is 0.0969. The minimum Gasteiger partial charge on any atom is -0.462 e. The van der Waals surface area contributed by atoms with Crippen LogP contribution in [0.4, 0.5) is 0 Å². The zero-order chi connectivity index (χ0) is 59.2. The van der Waals surface area contributed by atoms with E-state index in [1.165, 1.54) is 128 Å². The van der Waals surface area contributed by atoms with Gasteiger partial charge in [0.25, 0.3) is 0 Å². The first-order valence-corrected chi connectivity index (χ1v) is 34.2. The Kier molecular flexibility index (Phi) is 65.3. The molecule has 0 saturated carbocycles. The molecule has 0 aromatic heterocycles. The van der Waals surface area contributed by atoms with Gasteiger partial charge >= 0.3 is 17.9 Å². The van der Waals surface area contributed by atoms with Crippen molar-refractivity contribution in [3.05, 3.63) is 134 Å². The van der Waals surface area contributed by atoms with Crippen LogP contribution in [-0.4, -0.2) is 37.2 Å². The lowest BCUT2D eigenvalue weighted by Gasteiger charge is -2.18. The Bertz CT molecular complexity index is 1730. The van der Waals surface area contributed by atoms with Crippen molar-refractivity contribution in [1.82, 2.24) is 0 Å². The second-order valence-corrected chi connectivity index (χ2v) is 22.3. The Balaban J connectivity index is 4.48. The molecule has 0 fully saturated rings. The van der Waals surface area contributed by atoms with Crippen LogP contribution in [0.2, 0.25) is 0 Å². The summed E-state index contributed by atoms with van der Waals surface area (Å²) in [6.07, 6.45) is 97.4. The number of carbonyl (C=O) groups is 3. The molecule has 6 nitrogen and oxygen atoms in total. The van der Waals surface area contributed by atoms with Gasteiger partial charge in [0.1, 0.15) is 13.2 Å². The van der Waals surface area contributed by atoms with E-state index in [1.54, 1.807) is 0 Å². The van der Waals surface area contributed by atoms with Crippen molar-refractivity contribution in [1.29, 1.82) is 0 Å². The van der Waals surface area contributed by atoms with Crippen LogP contribution in [0.1, 0.15) is 310 Å². The summed E-state index contributed by atoms with van der Waals surface area (Å²) in [5, 5.41) is 0. The van der Waals surface area contributed by atoms with Gasteiger partial charge in [-0.15, -0.1) is 0 Å². The van der Waals surface area contributed by atoms with Crippen LogP contribution in [0.3, 0.4) is 0 Å². The molecular formula is C76H126O6. The predicted molar refractivity (Wildman–Crippen MR) is 357 cm³/mol. The number of allylic oxidation sites excluding steroid dienone is 22. The standard InChI is InChI=1S/C76H126O6/c1-4-7-10-13-16-19-22-25-28-31-34-36-38-40-42-45-48-51-54-57-60-63-66-69-75(78)81-72-73(71-80-74(77)68-65-62-59-56-53-50-47-44-33-30-27-24-21-18-15-12-9-6-3)82-76(79)70-67-64-61-58-55-52-49-46-43-41-39-37-35-32-29-26-23-20-17-14-11-8-5-2/h7,10,16,19,21,23-26,28,30,32-36,39-42,48,51,73H,4-6,8-9,11-15,17-18,20,22,27,29,31,37-38,43-47,49-50,52-72H2,1-3H3/b10-7-,19-16-,24-21-,26-23-,28-25-,33-30-,35-32-,36-34-,41-39-,42-40-,51-48-. The summed E-state index contributed by atoms with van der Waals surface area (Å²) in [6.45, 7) is 6.48. The monoisotopic (exact) mass is 1130 g/mol. The first-order valence-electron chi connectivity index (χ1n) is 34.2. The van der Waals surface area contributed by atoms with Gasteiger partial charge in [0.2, 0.25) is 0 Å². The van der Waals surface area contributed by atoms with E-state index in [0.29, 0.717) is 19.3 Å². The molecule has 0 aromatic rings. The number of hydrogen-bond acceptors (Lipinski definition) is 6. The Morgan fingerprint density at radius 3 is 0.756 bits per heavy atom. The molecule has 0 spiro atoms. The molecule has 466 valence electrons. The van der Waals surface area contributed by atoms with Gasteiger partial charge in [0.05, 0.1) is 0 Å². The van der Waals surface area contributed by atoms with Crippen molar-refractivity contribution in [2.45, 2.75) is 316 Å². The summed E-state index contributed by atoms with van der Waals surface area (Å²) < 4.78 is 17.0. The fraction of sp³-hybridized carbons (Fsp3) is 0.671. The van der Waals surface area contributed by atoms with Crippen molar-refractivity contribution in [2.75, 3.05) is 13.2 Å². The quantitative estimate of drug-likeness (QED) is 0.0261. The molecular weight excluding hydrogens is 1010 g/mol. The lowest BCUT2D eigenvalue weighted by Crippen LogP contribution is -2.30. The smallest absolute Gasteiger partial charge is 0.306 e. The average Bonchev–Trinajstić information content (AvgIpc) is 3.47. The molecule has 0 saturated heterocycles. The molecule has 0 rings (SSSR count).